The van der Waals surface area contributed by atoms with Gasteiger partial charge in [-0.25, -0.2) is 0 Å². The van der Waals surface area contributed by atoms with Crippen molar-refractivity contribution in [3.8, 4) is 0 Å². The molecule has 1 aromatic carbocycles. The molecule has 1 fully saturated rings. The molecule has 106 valence electrons. The number of nitrogens with two attached hydrogens (primary N) is 1. The smallest absolute Gasteiger partial charge is 0.0704 e. The lowest BCUT2D eigenvalue weighted by Crippen LogP contribution is -2.34. The zero-order valence-electron chi connectivity index (χ0n) is 12.3. The summed E-state index contributed by atoms with van der Waals surface area (Å²) in [6.07, 6.45) is 8.16. The number of para-hydroxylation sites is 1. The van der Waals surface area contributed by atoms with Crippen LogP contribution in [0.2, 0.25) is 0 Å². The van der Waals surface area contributed by atoms with Crippen molar-refractivity contribution in [1.29, 1.82) is 0 Å². The molecule has 1 unspecified atom stereocenters. The molecule has 20 heavy (non-hydrogen) atoms. The first-order valence-corrected chi connectivity index (χ1v) is 7.82. The van der Waals surface area contributed by atoms with Crippen LogP contribution in [-0.4, -0.2) is 11.0 Å². The Morgan fingerprint density at radius 3 is 2.70 bits per heavy atom. The molecule has 0 spiro atoms. The van der Waals surface area contributed by atoms with Crippen molar-refractivity contribution in [2.45, 2.75) is 45.1 Å². The van der Waals surface area contributed by atoms with Crippen molar-refractivity contribution in [1.82, 2.24) is 4.98 Å². The van der Waals surface area contributed by atoms with E-state index in [1.165, 1.54) is 36.6 Å². The number of benzene rings is 1. The van der Waals surface area contributed by atoms with Gasteiger partial charge in [-0.05, 0) is 48.8 Å². The second kappa shape index (κ2) is 5.92. The first-order valence-electron chi connectivity index (χ1n) is 7.82. The van der Waals surface area contributed by atoms with Crippen LogP contribution >= 0.6 is 0 Å². The minimum absolute atomic E-state index is 0.285. The van der Waals surface area contributed by atoms with E-state index in [-0.39, 0.29) is 6.04 Å². The lowest BCUT2D eigenvalue weighted by Gasteiger charge is -2.30. The summed E-state index contributed by atoms with van der Waals surface area (Å²) in [6.45, 7) is 2.36. The second-order valence-corrected chi connectivity index (χ2v) is 6.38. The summed E-state index contributed by atoms with van der Waals surface area (Å²) in [6, 6.07) is 10.8. The van der Waals surface area contributed by atoms with Gasteiger partial charge in [0.1, 0.15) is 0 Å². The summed E-state index contributed by atoms with van der Waals surface area (Å²) in [5.74, 6) is 1.58. The number of aromatic nitrogens is 1. The largest absolute Gasteiger partial charge is 0.327 e. The topological polar surface area (TPSA) is 38.9 Å². The third-order valence-electron chi connectivity index (χ3n) is 4.86. The molecular weight excluding hydrogens is 244 g/mol. The van der Waals surface area contributed by atoms with Crippen molar-refractivity contribution < 1.29 is 0 Å². The standard InChI is InChI=1S/C18H24N2/c1-13-6-8-14(9-7-13)17(19)12-15-10-11-20-18-5-3-2-4-16(15)18/h2-5,10-11,13-14,17H,6-9,12,19H2,1H3. The maximum atomic E-state index is 6.50. The van der Waals surface area contributed by atoms with Crippen LogP contribution in [0.25, 0.3) is 10.9 Å². The van der Waals surface area contributed by atoms with E-state index in [1.54, 1.807) is 0 Å². The van der Waals surface area contributed by atoms with Crippen LogP contribution in [0, 0.1) is 11.8 Å². The molecule has 1 aliphatic rings. The summed E-state index contributed by atoms with van der Waals surface area (Å²) in [4.78, 5) is 4.43. The fourth-order valence-corrected chi connectivity index (χ4v) is 3.47. The maximum Gasteiger partial charge on any atom is 0.0704 e. The Balaban J connectivity index is 1.76. The molecule has 1 aliphatic carbocycles. The lowest BCUT2D eigenvalue weighted by atomic mass is 9.78. The average Bonchev–Trinajstić information content (AvgIpc) is 2.48. The molecule has 0 amide bonds. The second-order valence-electron chi connectivity index (χ2n) is 6.38. The predicted molar refractivity (Wildman–Crippen MR) is 84.5 cm³/mol. The van der Waals surface area contributed by atoms with Crippen LogP contribution in [0.15, 0.2) is 36.5 Å². The Bertz CT molecular complexity index is 565. The van der Waals surface area contributed by atoms with Crippen molar-refractivity contribution in [3.63, 3.8) is 0 Å². The number of nitrogens with zero attached hydrogens (tertiary/aromatic N) is 1. The van der Waals surface area contributed by atoms with Crippen LogP contribution in [0.5, 0.6) is 0 Å². The van der Waals surface area contributed by atoms with Gasteiger partial charge < -0.3 is 5.73 Å². The molecule has 0 radical (unpaired) electrons. The highest BCUT2D eigenvalue weighted by molar-refractivity contribution is 5.81. The Labute approximate surface area is 121 Å². The van der Waals surface area contributed by atoms with Gasteiger partial charge in [-0.2, -0.15) is 0 Å². The van der Waals surface area contributed by atoms with Crippen LogP contribution < -0.4 is 5.73 Å². The van der Waals surface area contributed by atoms with Crippen LogP contribution in [0.3, 0.4) is 0 Å². The van der Waals surface area contributed by atoms with E-state index in [1.807, 2.05) is 12.3 Å². The number of hydrogen-bond donors (Lipinski definition) is 1. The van der Waals surface area contributed by atoms with Crippen molar-refractivity contribution in [2.24, 2.45) is 17.6 Å². The SMILES string of the molecule is CC1CCC(C(N)Cc2ccnc3ccccc23)CC1. The molecule has 2 heteroatoms. The predicted octanol–water partition coefficient (Wildman–Crippen LogP) is 3.93. The maximum absolute atomic E-state index is 6.50. The molecule has 2 N–H and O–H groups in total. The highest BCUT2D eigenvalue weighted by Crippen LogP contribution is 2.31. The van der Waals surface area contributed by atoms with Crippen molar-refractivity contribution in [2.75, 3.05) is 0 Å². The van der Waals surface area contributed by atoms with Crippen molar-refractivity contribution >= 4 is 10.9 Å². The fraction of sp³-hybridized carbons (Fsp3) is 0.500. The van der Waals surface area contributed by atoms with Gasteiger partial charge in [0.2, 0.25) is 0 Å². The molecule has 1 saturated carbocycles. The zero-order valence-corrected chi connectivity index (χ0v) is 12.3. The molecule has 3 rings (SSSR count). The van der Waals surface area contributed by atoms with Gasteiger partial charge in [0.05, 0.1) is 5.52 Å². The van der Waals surface area contributed by atoms with Crippen LogP contribution in [0.4, 0.5) is 0 Å². The van der Waals surface area contributed by atoms with E-state index in [2.05, 4.69) is 36.2 Å². The monoisotopic (exact) mass is 268 g/mol. The van der Waals surface area contributed by atoms with E-state index < -0.39 is 0 Å². The molecule has 2 aromatic rings. The molecule has 1 aromatic heterocycles. The van der Waals surface area contributed by atoms with Gasteiger partial charge in [-0.3, -0.25) is 4.98 Å². The Kier molecular flexibility index (Phi) is 4.02. The lowest BCUT2D eigenvalue weighted by molar-refractivity contribution is 0.253. The van der Waals surface area contributed by atoms with E-state index in [0.29, 0.717) is 5.92 Å². The van der Waals surface area contributed by atoms with E-state index in [4.69, 9.17) is 5.73 Å². The van der Waals surface area contributed by atoms with Gasteiger partial charge in [-0.15, -0.1) is 0 Å². The first kappa shape index (κ1) is 13.6. The van der Waals surface area contributed by atoms with Gasteiger partial charge in [0.15, 0.2) is 0 Å². The highest BCUT2D eigenvalue weighted by Gasteiger charge is 2.24. The normalized spacial score (nSPS) is 24.7. The quantitative estimate of drug-likeness (QED) is 0.916. The molecule has 0 bridgehead atoms. The van der Waals surface area contributed by atoms with Crippen molar-refractivity contribution in [3.05, 3.63) is 42.1 Å². The summed E-state index contributed by atoms with van der Waals surface area (Å²) >= 11 is 0. The van der Waals surface area contributed by atoms with Crippen LogP contribution in [-0.2, 0) is 6.42 Å². The van der Waals surface area contributed by atoms with E-state index in [9.17, 15) is 0 Å². The summed E-state index contributed by atoms with van der Waals surface area (Å²) in [7, 11) is 0. The Morgan fingerprint density at radius 1 is 1.15 bits per heavy atom. The molecule has 1 atom stereocenters. The fourth-order valence-electron chi connectivity index (χ4n) is 3.47. The Hall–Kier alpha value is -1.41. The van der Waals surface area contributed by atoms with Gasteiger partial charge in [0, 0.05) is 17.6 Å². The average molecular weight is 268 g/mol. The van der Waals surface area contributed by atoms with E-state index in [0.717, 1.165) is 17.9 Å². The molecule has 1 heterocycles. The summed E-state index contributed by atoms with van der Waals surface area (Å²) < 4.78 is 0. The number of hydrogen-bond acceptors (Lipinski definition) is 2. The van der Waals surface area contributed by atoms with Gasteiger partial charge >= 0.3 is 0 Å². The molecule has 2 nitrogen and oxygen atoms in total. The minimum atomic E-state index is 0.285. The number of pyridine rings is 1. The molecule has 0 saturated heterocycles. The van der Waals surface area contributed by atoms with Gasteiger partial charge in [-0.1, -0.05) is 38.0 Å². The third-order valence-corrected chi connectivity index (χ3v) is 4.86. The zero-order chi connectivity index (χ0) is 13.9. The van der Waals surface area contributed by atoms with Gasteiger partial charge in [0.25, 0.3) is 0 Å². The molecule has 0 aliphatic heterocycles. The Morgan fingerprint density at radius 2 is 1.90 bits per heavy atom. The first-order chi connectivity index (χ1) is 9.74. The highest BCUT2D eigenvalue weighted by atomic mass is 14.7. The number of rotatable bonds is 3. The minimum Gasteiger partial charge on any atom is -0.327 e. The third kappa shape index (κ3) is 2.85. The van der Waals surface area contributed by atoms with E-state index >= 15 is 0 Å². The molecular formula is C18H24N2. The summed E-state index contributed by atoms with van der Waals surface area (Å²) in [5.41, 5.74) is 8.92. The van der Waals surface area contributed by atoms with Crippen LogP contribution in [0.1, 0.15) is 38.2 Å². The number of fused-ring (bicyclic) bond motifs is 1. The summed E-state index contributed by atoms with van der Waals surface area (Å²) in [5, 5.41) is 1.26.